The van der Waals surface area contributed by atoms with Crippen LogP contribution < -0.4 is 5.32 Å². The number of rotatable bonds is 6. The van der Waals surface area contributed by atoms with Gasteiger partial charge in [-0.2, -0.15) is 0 Å². The van der Waals surface area contributed by atoms with Crippen LogP contribution in [0.2, 0.25) is 0 Å². The van der Waals surface area contributed by atoms with Crippen LogP contribution in [-0.2, 0) is 4.79 Å². The van der Waals surface area contributed by atoms with E-state index in [0.29, 0.717) is 25.2 Å². The Balaban J connectivity index is 1.73. The Labute approximate surface area is 97.9 Å². The maximum Gasteiger partial charge on any atom is 0.237 e. The summed E-state index contributed by atoms with van der Waals surface area (Å²) in [7, 11) is 0. The first kappa shape index (κ1) is 11.6. The highest BCUT2D eigenvalue weighted by Crippen LogP contribution is 2.26. The van der Waals surface area contributed by atoms with Crippen LogP contribution in [0.4, 0.5) is 0 Å². The average molecular weight is 222 g/mol. The van der Waals surface area contributed by atoms with E-state index in [1.807, 2.05) is 11.0 Å². The summed E-state index contributed by atoms with van der Waals surface area (Å²) in [5.41, 5.74) is 0. The molecular formula is C13H22N2O. The fourth-order valence-corrected chi connectivity index (χ4v) is 2.44. The van der Waals surface area contributed by atoms with Crippen LogP contribution in [-0.4, -0.2) is 36.0 Å². The van der Waals surface area contributed by atoms with Crippen molar-refractivity contribution in [3.63, 3.8) is 0 Å². The molecule has 0 aliphatic heterocycles. The molecule has 0 aromatic carbocycles. The predicted octanol–water partition coefficient (Wildman–Crippen LogP) is 1.70. The molecule has 0 aromatic rings. The van der Waals surface area contributed by atoms with Gasteiger partial charge < -0.3 is 10.2 Å². The van der Waals surface area contributed by atoms with E-state index >= 15 is 0 Å². The zero-order chi connectivity index (χ0) is 11.4. The van der Waals surface area contributed by atoms with Crippen molar-refractivity contribution in [3.05, 3.63) is 12.7 Å². The van der Waals surface area contributed by atoms with Crippen molar-refractivity contribution in [1.82, 2.24) is 10.2 Å². The van der Waals surface area contributed by atoms with E-state index in [0.717, 1.165) is 0 Å². The topological polar surface area (TPSA) is 32.3 Å². The van der Waals surface area contributed by atoms with Crippen molar-refractivity contribution in [1.29, 1.82) is 0 Å². The minimum atomic E-state index is 0.245. The molecule has 3 heteroatoms. The monoisotopic (exact) mass is 222 g/mol. The fraction of sp³-hybridized carbons (Fsp3) is 0.769. The van der Waals surface area contributed by atoms with Crippen LogP contribution >= 0.6 is 0 Å². The minimum Gasteiger partial charge on any atom is -0.335 e. The maximum atomic E-state index is 12.0. The van der Waals surface area contributed by atoms with Crippen molar-refractivity contribution >= 4 is 5.91 Å². The van der Waals surface area contributed by atoms with E-state index < -0.39 is 0 Å². The Morgan fingerprint density at radius 2 is 2.00 bits per heavy atom. The third-order valence-electron chi connectivity index (χ3n) is 3.53. The van der Waals surface area contributed by atoms with Gasteiger partial charge in [0.15, 0.2) is 0 Å². The van der Waals surface area contributed by atoms with Crippen LogP contribution in [0, 0.1) is 0 Å². The fourth-order valence-electron chi connectivity index (χ4n) is 2.44. The normalized spacial score (nSPS) is 21.0. The zero-order valence-electron chi connectivity index (χ0n) is 9.95. The molecule has 0 unspecified atom stereocenters. The Morgan fingerprint density at radius 1 is 1.31 bits per heavy atom. The van der Waals surface area contributed by atoms with Crippen molar-refractivity contribution in [2.24, 2.45) is 0 Å². The SMILES string of the molecule is C=CCN(C(=O)CNC1CCCC1)C1CC1. The summed E-state index contributed by atoms with van der Waals surface area (Å²) in [5.74, 6) is 0.245. The number of amides is 1. The summed E-state index contributed by atoms with van der Waals surface area (Å²) >= 11 is 0. The van der Waals surface area contributed by atoms with Gasteiger partial charge in [-0.3, -0.25) is 4.79 Å². The summed E-state index contributed by atoms with van der Waals surface area (Å²) in [4.78, 5) is 14.0. The number of hydrogen-bond donors (Lipinski definition) is 1. The highest BCUT2D eigenvalue weighted by atomic mass is 16.2. The molecule has 0 bridgehead atoms. The highest BCUT2D eigenvalue weighted by molar-refractivity contribution is 5.79. The molecule has 1 N–H and O–H groups in total. The standard InChI is InChI=1S/C13H22N2O/c1-2-9-15(12-7-8-12)13(16)10-14-11-5-3-4-6-11/h2,11-12,14H,1,3-10H2. The van der Waals surface area contributed by atoms with Gasteiger partial charge in [-0.25, -0.2) is 0 Å². The van der Waals surface area contributed by atoms with Crippen LogP contribution in [0.5, 0.6) is 0 Å². The highest BCUT2D eigenvalue weighted by Gasteiger charge is 2.31. The van der Waals surface area contributed by atoms with Crippen LogP contribution in [0.3, 0.4) is 0 Å². The molecule has 0 heterocycles. The Kier molecular flexibility index (Phi) is 3.99. The van der Waals surface area contributed by atoms with E-state index in [1.54, 1.807) is 0 Å². The van der Waals surface area contributed by atoms with E-state index in [2.05, 4.69) is 11.9 Å². The molecule has 2 fully saturated rings. The smallest absolute Gasteiger partial charge is 0.237 e. The maximum absolute atomic E-state index is 12.0. The van der Waals surface area contributed by atoms with Gasteiger partial charge in [0.05, 0.1) is 6.54 Å². The lowest BCUT2D eigenvalue weighted by molar-refractivity contribution is -0.130. The molecule has 3 nitrogen and oxygen atoms in total. The Bertz CT molecular complexity index is 255. The second-order valence-electron chi connectivity index (χ2n) is 4.93. The second kappa shape index (κ2) is 5.48. The second-order valence-corrected chi connectivity index (χ2v) is 4.93. The third kappa shape index (κ3) is 3.08. The molecular weight excluding hydrogens is 200 g/mol. The van der Waals surface area contributed by atoms with E-state index in [-0.39, 0.29) is 5.91 Å². The molecule has 2 saturated carbocycles. The third-order valence-corrected chi connectivity index (χ3v) is 3.53. The van der Waals surface area contributed by atoms with Crippen molar-refractivity contribution < 1.29 is 4.79 Å². The molecule has 0 saturated heterocycles. The van der Waals surface area contributed by atoms with E-state index in [1.165, 1.54) is 38.5 Å². The Hall–Kier alpha value is -0.830. The zero-order valence-corrected chi connectivity index (χ0v) is 9.95. The van der Waals surface area contributed by atoms with Crippen LogP contribution in [0.25, 0.3) is 0 Å². The van der Waals surface area contributed by atoms with Gasteiger partial charge in [0.1, 0.15) is 0 Å². The number of carbonyl (C=O) groups excluding carboxylic acids is 1. The molecule has 2 rings (SSSR count). The molecule has 2 aliphatic rings. The lowest BCUT2D eigenvalue weighted by Gasteiger charge is -2.22. The van der Waals surface area contributed by atoms with Crippen molar-refractivity contribution in [2.75, 3.05) is 13.1 Å². The predicted molar refractivity (Wildman–Crippen MR) is 65.2 cm³/mol. The van der Waals surface area contributed by atoms with E-state index in [9.17, 15) is 4.79 Å². The minimum absolute atomic E-state index is 0.245. The summed E-state index contributed by atoms with van der Waals surface area (Å²) in [5, 5.41) is 3.38. The van der Waals surface area contributed by atoms with Gasteiger partial charge in [-0.15, -0.1) is 6.58 Å². The van der Waals surface area contributed by atoms with Crippen LogP contribution in [0.15, 0.2) is 12.7 Å². The lowest BCUT2D eigenvalue weighted by Crippen LogP contribution is -2.42. The molecule has 0 aromatic heterocycles. The summed E-state index contributed by atoms with van der Waals surface area (Å²) in [6.45, 7) is 4.93. The van der Waals surface area contributed by atoms with E-state index in [4.69, 9.17) is 0 Å². The van der Waals surface area contributed by atoms with Gasteiger partial charge in [-0.05, 0) is 25.7 Å². The van der Waals surface area contributed by atoms with Crippen molar-refractivity contribution in [2.45, 2.75) is 50.6 Å². The van der Waals surface area contributed by atoms with Gasteiger partial charge >= 0.3 is 0 Å². The van der Waals surface area contributed by atoms with Crippen LogP contribution in [0.1, 0.15) is 38.5 Å². The molecule has 0 atom stereocenters. The van der Waals surface area contributed by atoms with Gasteiger partial charge in [0.2, 0.25) is 5.91 Å². The summed E-state index contributed by atoms with van der Waals surface area (Å²) < 4.78 is 0. The molecule has 2 aliphatic carbocycles. The first-order chi connectivity index (χ1) is 7.81. The lowest BCUT2D eigenvalue weighted by atomic mass is 10.2. The molecule has 1 amide bonds. The quantitative estimate of drug-likeness (QED) is 0.694. The molecule has 0 radical (unpaired) electrons. The Morgan fingerprint density at radius 3 is 2.56 bits per heavy atom. The number of nitrogens with zero attached hydrogens (tertiary/aromatic N) is 1. The van der Waals surface area contributed by atoms with Crippen molar-refractivity contribution in [3.8, 4) is 0 Å². The molecule has 16 heavy (non-hydrogen) atoms. The summed E-state index contributed by atoms with van der Waals surface area (Å²) in [6.07, 6.45) is 9.25. The average Bonchev–Trinajstić information content (AvgIpc) is 2.99. The van der Waals surface area contributed by atoms with Gasteiger partial charge in [0, 0.05) is 18.6 Å². The number of nitrogens with one attached hydrogen (secondary N) is 1. The first-order valence-corrected chi connectivity index (χ1v) is 6.45. The van der Waals surface area contributed by atoms with Gasteiger partial charge in [0.25, 0.3) is 0 Å². The van der Waals surface area contributed by atoms with Gasteiger partial charge in [-0.1, -0.05) is 18.9 Å². The molecule has 0 spiro atoms. The summed E-state index contributed by atoms with van der Waals surface area (Å²) in [6, 6.07) is 1.07. The first-order valence-electron chi connectivity index (χ1n) is 6.45. The molecule has 90 valence electrons. The number of hydrogen-bond acceptors (Lipinski definition) is 2. The largest absolute Gasteiger partial charge is 0.335 e. The number of carbonyl (C=O) groups is 1.